The first kappa shape index (κ1) is 13.8. The lowest BCUT2D eigenvalue weighted by Gasteiger charge is -2.22. The molecule has 0 radical (unpaired) electrons. The molecule has 0 bridgehead atoms. The zero-order chi connectivity index (χ0) is 12.5. The summed E-state index contributed by atoms with van der Waals surface area (Å²) in [6.07, 6.45) is 8.88. The summed E-state index contributed by atoms with van der Waals surface area (Å²) in [7, 11) is 4.49. The Morgan fingerprint density at radius 2 is 2.35 bits per heavy atom. The fourth-order valence-electron chi connectivity index (χ4n) is 2.78. The standard InChI is InChI=1S/C13H23FOP2/c1-9(6-7-13(14,16)17)12-8-10-4-2-3-5-11(10)15-12/h5,9-10,12H,2-4,6-8,16-17H2,1H3. The van der Waals surface area contributed by atoms with Gasteiger partial charge in [0.2, 0.25) is 0 Å². The number of hydrogen-bond acceptors (Lipinski definition) is 1. The molecule has 2 rings (SSSR count). The number of ether oxygens (including phenoxy) is 1. The molecule has 5 atom stereocenters. The minimum absolute atomic E-state index is 0.307. The molecule has 2 aliphatic rings. The maximum absolute atomic E-state index is 13.4. The first-order valence-corrected chi connectivity index (χ1v) is 7.74. The Morgan fingerprint density at radius 3 is 3.00 bits per heavy atom. The van der Waals surface area contributed by atoms with E-state index in [0.717, 1.165) is 19.3 Å². The minimum Gasteiger partial charge on any atom is -0.495 e. The van der Waals surface area contributed by atoms with Crippen LogP contribution in [0.3, 0.4) is 0 Å². The molecule has 0 aromatic carbocycles. The van der Waals surface area contributed by atoms with Crippen LogP contribution in [0.1, 0.15) is 45.4 Å². The molecule has 0 saturated carbocycles. The second-order valence-corrected chi connectivity index (χ2v) is 8.16. The van der Waals surface area contributed by atoms with E-state index in [9.17, 15) is 4.39 Å². The van der Waals surface area contributed by atoms with E-state index in [2.05, 4.69) is 31.5 Å². The molecule has 0 N–H and O–H groups in total. The van der Waals surface area contributed by atoms with Crippen molar-refractivity contribution in [3.8, 4) is 0 Å². The van der Waals surface area contributed by atoms with Crippen LogP contribution in [-0.4, -0.2) is 11.3 Å². The first-order valence-electron chi connectivity index (χ1n) is 6.59. The van der Waals surface area contributed by atoms with Crippen LogP contribution in [0.5, 0.6) is 0 Å². The zero-order valence-electron chi connectivity index (χ0n) is 10.5. The van der Waals surface area contributed by atoms with Gasteiger partial charge < -0.3 is 4.74 Å². The normalized spacial score (nSPS) is 30.5. The fourth-order valence-corrected chi connectivity index (χ4v) is 3.12. The third-order valence-electron chi connectivity index (χ3n) is 3.93. The molecule has 0 aromatic heterocycles. The number of halogens is 1. The van der Waals surface area contributed by atoms with Gasteiger partial charge in [-0.1, -0.05) is 25.4 Å². The van der Waals surface area contributed by atoms with Crippen molar-refractivity contribution in [1.29, 1.82) is 0 Å². The summed E-state index contributed by atoms with van der Waals surface area (Å²) in [5, 5.41) is -1.21. The highest BCUT2D eigenvalue weighted by Crippen LogP contribution is 2.42. The second kappa shape index (κ2) is 5.54. The Morgan fingerprint density at radius 1 is 1.59 bits per heavy atom. The molecule has 0 spiro atoms. The van der Waals surface area contributed by atoms with Crippen LogP contribution >= 0.6 is 18.5 Å². The minimum atomic E-state index is -1.21. The third-order valence-corrected chi connectivity index (χ3v) is 4.50. The van der Waals surface area contributed by atoms with Crippen molar-refractivity contribution in [2.75, 3.05) is 0 Å². The summed E-state index contributed by atoms with van der Waals surface area (Å²) in [6, 6.07) is 0. The van der Waals surface area contributed by atoms with Crippen LogP contribution in [0.25, 0.3) is 0 Å². The van der Waals surface area contributed by atoms with Crippen molar-refractivity contribution in [2.45, 2.75) is 56.7 Å². The van der Waals surface area contributed by atoms with Gasteiger partial charge in [0.25, 0.3) is 0 Å². The van der Waals surface area contributed by atoms with E-state index >= 15 is 0 Å². The van der Waals surface area contributed by atoms with Gasteiger partial charge in [-0.3, -0.25) is 0 Å². The van der Waals surface area contributed by atoms with Crippen molar-refractivity contribution >= 4 is 18.5 Å². The van der Waals surface area contributed by atoms with Gasteiger partial charge in [-0.05, 0) is 50.5 Å². The van der Waals surface area contributed by atoms with Gasteiger partial charge in [0.05, 0.1) is 5.76 Å². The Bertz CT molecular complexity index is 298. The predicted molar refractivity (Wildman–Crippen MR) is 76.6 cm³/mol. The van der Waals surface area contributed by atoms with Gasteiger partial charge in [-0.2, -0.15) is 0 Å². The van der Waals surface area contributed by atoms with Crippen LogP contribution < -0.4 is 0 Å². The molecule has 5 unspecified atom stereocenters. The van der Waals surface area contributed by atoms with Crippen LogP contribution in [-0.2, 0) is 4.74 Å². The topological polar surface area (TPSA) is 9.23 Å². The second-order valence-electron chi connectivity index (χ2n) is 5.57. The van der Waals surface area contributed by atoms with Gasteiger partial charge in [0.1, 0.15) is 11.3 Å². The molecule has 1 heterocycles. The van der Waals surface area contributed by atoms with Gasteiger partial charge >= 0.3 is 0 Å². The number of hydrogen-bond donors (Lipinski definition) is 0. The van der Waals surface area contributed by atoms with Crippen LogP contribution in [0.2, 0.25) is 0 Å². The maximum Gasteiger partial charge on any atom is 0.136 e. The van der Waals surface area contributed by atoms with Crippen molar-refractivity contribution in [3.05, 3.63) is 11.8 Å². The van der Waals surface area contributed by atoms with Gasteiger partial charge in [-0.15, -0.1) is 0 Å². The highest BCUT2D eigenvalue weighted by molar-refractivity contribution is 7.39. The molecule has 0 amide bonds. The molecule has 1 fully saturated rings. The Kier molecular flexibility index (Phi) is 4.48. The summed E-state index contributed by atoms with van der Waals surface area (Å²) >= 11 is 0. The Hall–Kier alpha value is 0.330. The van der Waals surface area contributed by atoms with Gasteiger partial charge in [0.15, 0.2) is 0 Å². The van der Waals surface area contributed by atoms with E-state index in [4.69, 9.17) is 4.74 Å². The summed E-state index contributed by atoms with van der Waals surface area (Å²) in [5.41, 5.74) is 0. The smallest absolute Gasteiger partial charge is 0.136 e. The summed E-state index contributed by atoms with van der Waals surface area (Å²) in [4.78, 5) is 0. The van der Waals surface area contributed by atoms with E-state index < -0.39 is 5.15 Å². The van der Waals surface area contributed by atoms with E-state index in [1.807, 2.05) is 0 Å². The van der Waals surface area contributed by atoms with E-state index in [1.54, 1.807) is 0 Å². The van der Waals surface area contributed by atoms with Gasteiger partial charge in [0, 0.05) is 5.92 Å². The van der Waals surface area contributed by atoms with Crippen molar-refractivity contribution in [2.24, 2.45) is 11.8 Å². The highest BCUT2D eigenvalue weighted by Gasteiger charge is 2.35. The van der Waals surface area contributed by atoms with Crippen molar-refractivity contribution < 1.29 is 9.13 Å². The molecule has 98 valence electrons. The zero-order valence-corrected chi connectivity index (χ0v) is 12.8. The Labute approximate surface area is 108 Å². The summed E-state index contributed by atoms with van der Waals surface area (Å²) < 4.78 is 19.4. The molecule has 17 heavy (non-hydrogen) atoms. The average Bonchev–Trinajstić information content (AvgIpc) is 2.68. The number of allylic oxidation sites excluding steroid dienone is 2. The summed E-state index contributed by atoms with van der Waals surface area (Å²) in [5.74, 6) is 2.31. The quantitative estimate of drug-likeness (QED) is 0.697. The number of rotatable bonds is 4. The Balaban J connectivity index is 1.83. The molecule has 1 nitrogen and oxygen atoms in total. The molecular weight excluding hydrogens is 253 g/mol. The van der Waals surface area contributed by atoms with E-state index in [1.165, 1.54) is 18.6 Å². The highest BCUT2D eigenvalue weighted by atomic mass is 31.1. The van der Waals surface area contributed by atoms with Crippen molar-refractivity contribution in [1.82, 2.24) is 0 Å². The first-order chi connectivity index (χ1) is 7.96. The fraction of sp³-hybridized carbons (Fsp3) is 0.846. The van der Waals surface area contributed by atoms with Crippen LogP contribution in [0.4, 0.5) is 4.39 Å². The number of fused-ring (bicyclic) bond motifs is 1. The molecule has 1 saturated heterocycles. The third kappa shape index (κ3) is 3.90. The summed E-state index contributed by atoms with van der Waals surface area (Å²) in [6.45, 7) is 2.18. The van der Waals surface area contributed by atoms with Crippen molar-refractivity contribution in [3.63, 3.8) is 0 Å². The predicted octanol–water partition coefficient (Wildman–Crippen LogP) is 4.25. The lowest BCUT2D eigenvalue weighted by molar-refractivity contribution is 0.101. The van der Waals surface area contributed by atoms with E-state index in [-0.39, 0.29) is 0 Å². The largest absolute Gasteiger partial charge is 0.495 e. The van der Waals surface area contributed by atoms with Gasteiger partial charge in [-0.25, -0.2) is 4.39 Å². The molecule has 1 aliphatic heterocycles. The molecule has 4 heteroatoms. The maximum atomic E-state index is 13.4. The van der Waals surface area contributed by atoms with E-state index in [0.29, 0.717) is 24.4 Å². The monoisotopic (exact) mass is 276 g/mol. The SMILES string of the molecule is CC(CCC(F)(P)P)C1CC2CCCC=C2O1. The molecule has 1 aliphatic carbocycles. The number of alkyl halides is 1. The van der Waals surface area contributed by atoms with Crippen LogP contribution in [0.15, 0.2) is 11.8 Å². The lowest BCUT2D eigenvalue weighted by Crippen LogP contribution is -2.18. The average molecular weight is 276 g/mol. The van der Waals surface area contributed by atoms with Crippen LogP contribution in [0, 0.1) is 11.8 Å². The molecule has 0 aromatic rings. The molecular formula is C13H23FOP2. The lowest BCUT2D eigenvalue weighted by atomic mass is 9.88.